The van der Waals surface area contributed by atoms with Crippen molar-refractivity contribution in [2.45, 2.75) is 31.3 Å². The molecule has 5 nitrogen and oxygen atoms in total. The van der Waals surface area contributed by atoms with Gasteiger partial charge in [-0.2, -0.15) is 0 Å². The Kier molecular flexibility index (Phi) is 5.97. The van der Waals surface area contributed by atoms with E-state index in [0.29, 0.717) is 0 Å². The number of benzene rings is 2. The molecule has 0 aliphatic rings. The number of aromatic nitrogens is 4. The zero-order valence-corrected chi connectivity index (χ0v) is 18.3. The predicted octanol–water partition coefficient (Wildman–Crippen LogP) is 5.70. The van der Waals surface area contributed by atoms with E-state index < -0.39 is 0 Å². The van der Waals surface area contributed by atoms with Crippen molar-refractivity contribution in [1.29, 1.82) is 0 Å². The maximum absolute atomic E-state index is 5.22. The van der Waals surface area contributed by atoms with Gasteiger partial charge in [0.05, 0.1) is 12.8 Å². The van der Waals surface area contributed by atoms with Gasteiger partial charge in [0.25, 0.3) is 0 Å². The number of ether oxygens (including phenoxy) is 1. The van der Waals surface area contributed by atoms with Gasteiger partial charge in [-0.3, -0.25) is 0 Å². The molecular weight excluding hydrogens is 400 g/mol. The average molecular weight is 423 g/mol. The Morgan fingerprint density at radius 3 is 2.62 bits per heavy atom. The second-order valence-electron chi connectivity index (χ2n) is 6.58. The summed E-state index contributed by atoms with van der Waals surface area (Å²) in [5.41, 5.74) is 4.47. The molecule has 2 heterocycles. The van der Waals surface area contributed by atoms with Crippen molar-refractivity contribution in [3.63, 3.8) is 0 Å². The predicted molar refractivity (Wildman–Crippen MR) is 120 cm³/mol. The van der Waals surface area contributed by atoms with Crippen LogP contribution in [-0.4, -0.2) is 26.9 Å². The molecule has 0 aliphatic heterocycles. The number of thioether (sulfide) groups is 1. The van der Waals surface area contributed by atoms with E-state index in [0.717, 1.165) is 50.9 Å². The molecule has 0 unspecified atom stereocenters. The van der Waals surface area contributed by atoms with Crippen molar-refractivity contribution in [2.24, 2.45) is 0 Å². The van der Waals surface area contributed by atoms with Crippen molar-refractivity contribution in [3.05, 3.63) is 65.2 Å². The second kappa shape index (κ2) is 8.80. The number of hydrogen-bond donors (Lipinski definition) is 0. The third-order valence-corrected chi connectivity index (χ3v) is 6.49. The van der Waals surface area contributed by atoms with Gasteiger partial charge < -0.3 is 9.30 Å². The SMILES string of the molecule is CCn1c(SCc2csc(-c3ccc(OC)cc3)n2)nnc1-c1cccc(C)c1. The lowest BCUT2D eigenvalue weighted by molar-refractivity contribution is 0.415. The van der Waals surface area contributed by atoms with Crippen LogP contribution in [0.3, 0.4) is 0 Å². The van der Waals surface area contributed by atoms with Crippen LogP contribution in [-0.2, 0) is 12.3 Å². The van der Waals surface area contributed by atoms with Crippen LogP contribution in [0, 0.1) is 6.92 Å². The minimum Gasteiger partial charge on any atom is -0.497 e. The highest BCUT2D eigenvalue weighted by Crippen LogP contribution is 2.30. The Hall–Kier alpha value is -2.64. The van der Waals surface area contributed by atoms with Gasteiger partial charge in [0.1, 0.15) is 10.8 Å². The van der Waals surface area contributed by atoms with Gasteiger partial charge in [0.2, 0.25) is 0 Å². The normalized spacial score (nSPS) is 11.0. The Balaban J connectivity index is 1.49. The molecule has 0 saturated carbocycles. The lowest BCUT2D eigenvalue weighted by Crippen LogP contribution is -2.00. The first kappa shape index (κ1) is 19.7. The van der Waals surface area contributed by atoms with Crippen LogP contribution in [0.4, 0.5) is 0 Å². The highest BCUT2D eigenvalue weighted by atomic mass is 32.2. The van der Waals surface area contributed by atoms with E-state index >= 15 is 0 Å². The summed E-state index contributed by atoms with van der Waals surface area (Å²) in [6, 6.07) is 16.4. The Labute approximate surface area is 178 Å². The summed E-state index contributed by atoms with van der Waals surface area (Å²) in [7, 11) is 1.67. The summed E-state index contributed by atoms with van der Waals surface area (Å²) in [6.45, 7) is 5.04. The van der Waals surface area contributed by atoms with Crippen LogP contribution in [0.25, 0.3) is 22.0 Å². The molecule has 0 N–H and O–H groups in total. The van der Waals surface area contributed by atoms with Crippen LogP contribution in [0.5, 0.6) is 5.75 Å². The molecule has 148 valence electrons. The molecule has 0 fully saturated rings. The standard InChI is InChI=1S/C22H22N4OS2/c1-4-26-20(17-7-5-6-15(2)12-17)24-25-22(26)29-14-18-13-28-21(23-18)16-8-10-19(27-3)11-9-16/h5-13H,4,14H2,1-3H3. The van der Waals surface area contributed by atoms with Crippen molar-refractivity contribution in [1.82, 2.24) is 19.7 Å². The molecule has 0 aliphatic carbocycles. The zero-order chi connectivity index (χ0) is 20.2. The number of rotatable bonds is 7. The van der Waals surface area contributed by atoms with Crippen molar-refractivity contribution >= 4 is 23.1 Å². The fourth-order valence-corrected chi connectivity index (χ4v) is 4.88. The molecule has 4 aromatic rings. The van der Waals surface area contributed by atoms with Crippen LogP contribution in [0.1, 0.15) is 18.2 Å². The maximum atomic E-state index is 5.22. The fraction of sp³-hybridized carbons (Fsp3) is 0.227. The minimum atomic E-state index is 0.763. The van der Waals surface area contributed by atoms with Gasteiger partial charge in [-0.15, -0.1) is 21.5 Å². The largest absolute Gasteiger partial charge is 0.497 e. The Bertz CT molecular complexity index is 1100. The summed E-state index contributed by atoms with van der Waals surface area (Å²) in [4.78, 5) is 4.78. The van der Waals surface area contributed by atoms with E-state index in [-0.39, 0.29) is 0 Å². The molecule has 29 heavy (non-hydrogen) atoms. The molecule has 4 rings (SSSR count). The quantitative estimate of drug-likeness (QED) is 0.358. The topological polar surface area (TPSA) is 52.8 Å². The first-order chi connectivity index (χ1) is 14.2. The van der Waals surface area contributed by atoms with E-state index in [1.165, 1.54) is 5.56 Å². The van der Waals surface area contributed by atoms with Gasteiger partial charge in [-0.25, -0.2) is 4.98 Å². The van der Waals surface area contributed by atoms with Crippen molar-refractivity contribution in [2.75, 3.05) is 7.11 Å². The summed E-state index contributed by atoms with van der Waals surface area (Å²) < 4.78 is 7.39. The molecule has 0 radical (unpaired) electrons. The lowest BCUT2D eigenvalue weighted by atomic mass is 10.1. The van der Waals surface area contributed by atoms with Gasteiger partial charge >= 0.3 is 0 Å². The van der Waals surface area contributed by atoms with Crippen LogP contribution < -0.4 is 4.74 Å². The summed E-state index contributed by atoms with van der Waals surface area (Å²) in [5.74, 6) is 2.53. The fourth-order valence-electron chi connectivity index (χ4n) is 3.06. The number of hydrogen-bond acceptors (Lipinski definition) is 6. The van der Waals surface area contributed by atoms with E-state index in [4.69, 9.17) is 9.72 Å². The second-order valence-corrected chi connectivity index (χ2v) is 8.38. The van der Waals surface area contributed by atoms with Crippen molar-refractivity contribution < 1.29 is 4.74 Å². The summed E-state index contributed by atoms with van der Waals surface area (Å²) in [6.07, 6.45) is 0. The van der Waals surface area contributed by atoms with E-state index in [1.54, 1.807) is 30.2 Å². The van der Waals surface area contributed by atoms with E-state index in [1.807, 2.05) is 24.3 Å². The molecule has 7 heteroatoms. The minimum absolute atomic E-state index is 0.763. The summed E-state index contributed by atoms with van der Waals surface area (Å²) in [5, 5.41) is 12.9. The van der Waals surface area contributed by atoms with Crippen LogP contribution >= 0.6 is 23.1 Å². The lowest BCUT2D eigenvalue weighted by Gasteiger charge is -2.07. The summed E-state index contributed by atoms with van der Waals surface area (Å²) >= 11 is 3.33. The first-order valence-electron chi connectivity index (χ1n) is 9.39. The Morgan fingerprint density at radius 1 is 1.07 bits per heavy atom. The molecule has 2 aromatic heterocycles. The number of thiazole rings is 1. The van der Waals surface area contributed by atoms with E-state index in [9.17, 15) is 0 Å². The van der Waals surface area contributed by atoms with E-state index in [2.05, 4.69) is 58.3 Å². The zero-order valence-electron chi connectivity index (χ0n) is 16.6. The van der Waals surface area contributed by atoms with Crippen molar-refractivity contribution in [3.8, 4) is 27.7 Å². The van der Waals surface area contributed by atoms with Gasteiger partial charge in [0, 0.05) is 28.8 Å². The van der Waals surface area contributed by atoms with Gasteiger partial charge in [0.15, 0.2) is 11.0 Å². The molecule has 0 saturated heterocycles. The Morgan fingerprint density at radius 2 is 1.90 bits per heavy atom. The average Bonchev–Trinajstić information content (AvgIpc) is 3.39. The number of methoxy groups -OCH3 is 1. The van der Waals surface area contributed by atoms with Crippen LogP contribution in [0.2, 0.25) is 0 Å². The third kappa shape index (κ3) is 4.36. The molecule has 0 atom stereocenters. The smallest absolute Gasteiger partial charge is 0.191 e. The monoisotopic (exact) mass is 422 g/mol. The maximum Gasteiger partial charge on any atom is 0.191 e. The molecular formula is C22H22N4OS2. The highest BCUT2D eigenvalue weighted by molar-refractivity contribution is 7.98. The molecule has 0 spiro atoms. The number of aryl methyl sites for hydroxylation is 1. The van der Waals surface area contributed by atoms with Gasteiger partial charge in [-0.1, -0.05) is 35.5 Å². The third-order valence-electron chi connectivity index (χ3n) is 4.55. The van der Waals surface area contributed by atoms with Gasteiger partial charge in [-0.05, 0) is 44.2 Å². The molecule has 0 amide bonds. The van der Waals surface area contributed by atoms with Crippen LogP contribution in [0.15, 0.2) is 59.1 Å². The first-order valence-corrected chi connectivity index (χ1v) is 11.3. The number of nitrogens with zero attached hydrogens (tertiary/aromatic N) is 4. The molecule has 0 bridgehead atoms. The highest BCUT2D eigenvalue weighted by Gasteiger charge is 2.14. The molecule has 2 aromatic carbocycles.